The first-order chi connectivity index (χ1) is 5.66. The average Bonchev–Trinajstić information content (AvgIpc) is 2.49. The van der Waals surface area contributed by atoms with Crippen LogP contribution in [0.15, 0.2) is 0 Å². The minimum atomic E-state index is 0.157. The van der Waals surface area contributed by atoms with Crippen molar-refractivity contribution in [3.8, 4) is 0 Å². The molecule has 1 amide bonds. The Balaban J connectivity index is 2.55. The van der Waals surface area contributed by atoms with E-state index in [1.54, 1.807) is 4.90 Å². The third-order valence-electron chi connectivity index (χ3n) is 2.50. The van der Waals surface area contributed by atoms with E-state index in [1.807, 2.05) is 14.1 Å². The van der Waals surface area contributed by atoms with Gasteiger partial charge in [0.25, 0.3) is 0 Å². The van der Waals surface area contributed by atoms with Crippen LogP contribution in [-0.4, -0.2) is 48.9 Å². The van der Waals surface area contributed by atoms with Gasteiger partial charge in [-0.25, -0.2) is 0 Å². The second kappa shape index (κ2) is 3.90. The largest absolute Gasteiger partial charge is 0.347 e. The monoisotopic (exact) mass is 170 g/mol. The summed E-state index contributed by atoms with van der Waals surface area (Å²) in [6.45, 7) is 4.19. The van der Waals surface area contributed by atoms with E-state index in [2.05, 4.69) is 11.8 Å². The molecular weight excluding hydrogens is 152 g/mol. The second-order valence-electron chi connectivity index (χ2n) is 3.52. The summed E-state index contributed by atoms with van der Waals surface area (Å²) >= 11 is 0. The zero-order valence-electron chi connectivity index (χ0n) is 8.21. The topological polar surface area (TPSA) is 23.6 Å². The SMILES string of the molecule is CCN1CCC[C@@H]1C(=O)N(C)C. The molecule has 1 heterocycles. The van der Waals surface area contributed by atoms with Gasteiger partial charge < -0.3 is 4.90 Å². The minimum absolute atomic E-state index is 0.157. The summed E-state index contributed by atoms with van der Waals surface area (Å²) in [6, 6.07) is 0.157. The van der Waals surface area contributed by atoms with Gasteiger partial charge in [0.05, 0.1) is 6.04 Å². The van der Waals surface area contributed by atoms with Crippen molar-refractivity contribution in [1.82, 2.24) is 9.80 Å². The van der Waals surface area contributed by atoms with Crippen LogP contribution < -0.4 is 0 Å². The maximum absolute atomic E-state index is 11.6. The maximum atomic E-state index is 11.6. The van der Waals surface area contributed by atoms with Crippen molar-refractivity contribution in [2.24, 2.45) is 0 Å². The zero-order chi connectivity index (χ0) is 9.14. The molecule has 0 radical (unpaired) electrons. The molecule has 1 rings (SSSR count). The van der Waals surface area contributed by atoms with Crippen LogP contribution >= 0.6 is 0 Å². The van der Waals surface area contributed by atoms with Crippen LogP contribution in [0.4, 0.5) is 0 Å². The number of amides is 1. The summed E-state index contributed by atoms with van der Waals surface area (Å²) < 4.78 is 0. The highest BCUT2D eigenvalue weighted by atomic mass is 16.2. The molecule has 1 saturated heterocycles. The average molecular weight is 170 g/mol. The standard InChI is InChI=1S/C9H18N2O/c1-4-11-7-5-6-8(11)9(12)10(2)3/h8H,4-7H2,1-3H3/t8-/m1/s1. The first kappa shape index (κ1) is 9.52. The van der Waals surface area contributed by atoms with Gasteiger partial charge in [0.2, 0.25) is 5.91 Å². The predicted molar refractivity (Wildman–Crippen MR) is 49.0 cm³/mol. The number of likely N-dealkylation sites (tertiary alicyclic amines) is 1. The molecule has 0 unspecified atom stereocenters. The zero-order valence-corrected chi connectivity index (χ0v) is 8.21. The van der Waals surface area contributed by atoms with E-state index in [4.69, 9.17) is 0 Å². The predicted octanol–water partition coefficient (Wildman–Crippen LogP) is 0.559. The Labute approximate surface area is 74.3 Å². The van der Waals surface area contributed by atoms with E-state index >= 15 is 0 Å². The number of hydrogen-bond donors (Lipinski definition) is 0. The van der Waals surface area contributed by atoms with Crippen molar-refractivity contribution < 1.29 is 4.79 Å². The highest BCUT2D eigenvalue weighted by Gasteiger charge is 2.30. The highest BCUT2D eigenvalue weighted by molar-refractivity contribution is 5.81. The van der Waals surface area contributed by atoms with Crippen LogP contribution in [0.5, 0.6) is 0 Å². The lowest BCUT2D eigenvalue weighted by molar-refractivity contribution is -0.133. The molecule has 0 spiro atoms. The first-order valence-corrected chi connectivity index (χ1v) is 4.62. The van der Waals surface area contributed by atoms with Crippen molar-refractivity contribution in [2.45, 2.75) is 25.8 Å². The van der Waals surface area contributed by atoms with E-state index < -0.39 is 0 Å². The second-order valence-corrected chi connectivity index (χ2v) is 3.52. The molecule has 0 aromatic carbocycles. The molecule has 0 aromatic rings. The number of likely N-dealkylation sites (N-methyl/N-ethyl adjacent to an activating group) is 2. The fourth-order valence-electron chi connectivity index (χ4n) is 1.78. The van der Waals surface area contributed by atoms with Gasteiger partial charge in [-0.2, -0.15) is 0 Å². The van der Waals surface area contributed by atoms with E-state index in [1.165, 1.54) is 0 Å². The van der Waals surface area contributed by atoms with Gasteiger partial charge in [-0.3, -0.25) is 9.69 Å². The highest BCUT2D eigenvalue weighted by Crippen LogP contribution is 2.17. The normalized spacial score (nSPS) is 24.4. The summed E-state index contributed by atoms with van der Waals surface area (Å²) in [5, 5.41) is 0. The van der Waals surface area contributed by atoms with Crippen molar-refractivity contribution in [2.75, 3.05) is 27.2 Å². The number of hydrogen-bond acceptors (Lipinski definition) is 2. The molecule has 3 nitrogen and oxygen atoms in total. The number of carbonyl (C=O) groups excluding carboxylic acids is 1. The molecule has 0 bridgehead atoms. The van der Waals surface area contributed by atoms with Crippen LogP contribution in [0.1, 0.15) is 19.8 Å². The Hall–Kier alpha value is -0.570. The van der Waals surface area contributed by atoms with E-state index in [-0.39, 0.29) is 11.9 Å². The summed E-state index contributed by atoms with van der Waals surface area (Å²) in [4.78, 5) is 15.5. The van der Waals surface area contributed by atoms with Gasteiger partial charge in [0.1, 0.15) is 0 Å². The molecular formula is C9H18N2O. The fraction of sp³-hybridized carbons (Fsp3) is 0.889. The lowest BCUT2D eigenvalue weighted by atomic mass is 10.2. The fourth-order valence-corrected chi connectivity index (χ4v) is 1.78. The minimum Gasteiger partial charge on any atom is -0.347 e. The third-order valence-corrected chi connectivity index (χ3v) is 2.50. The van der Waals surface area contributed by atoms with Crippen molar-refractivity contribution in [3.05, 3.63) is 0 Å². The van der Waals surface area contributed by atoms with Crippen molar-refractivity contribution in [3.63, 3.8) is 0 Å². The summed E-state index contributed by atoms with van der Waals surface area (Å²) in [7, 11) is 3.66. The number of nitrogens with zero attached hydrogens (tertiary/aromatic N) is 2. The molecule has 1 aliphatic rings. The molecule has 1 fully saturated rings. The smallest absolute Gasteiger partial charge is 0.239 e. The Morgan fingerprint density at radius 3 is 2.75 bits per heavy atom. The third kappa shape index (κ3) is 1.78. The van der Waals surface area contributed by atoms with Crippen LogP contribution in [0, 0.1) is 0 Å². The molecule has 3 heteroatoms. The van der Waals surface area contributed by atoms with Gasteiger partial charge in [-0.05, 0) is 25.9 Å². The van der Waals surface area contributed by atoms with Gasteiger partial charge in [0.15, 0.2) is 0 Å². The Bertz CT molecular complexity index is 168. The summed E-state index contributed by atoms with van der Waals surface area (Å²) in [6.07, 6.45) is 2.20. The van der Waals surface area contributed by atoms with Crippen molar-refractivity contribution in [1.29, 1.82) is 0 Å². The van der Waals surface area contributed by atoms with E-state index in [9.17, 15) is 4.79 Å². The van der Waals surface area contributed by atoms with Gasteiger partial charge in [0, 0.05) is 14.1 Å². The molecule has 70 valence electrons. The van der Waals surface area contributed by atoms with Crippen molar-refractivity contribution >= 4 is 5.91 Å². The van der Waals surface area contributed by atoms with Crippen LogP contribution in [-0.2, 0) is 4.79 Å². The Morgan fingerprint density at radius 1 is 1.58 bits per heavy atom. The van der Waals surface area contributed by atoms with Crippen LogP contribution in [0.2, 0.25) is 0 Å². The molecule has 1 atom stereocenters. The quantitative estimate of drug-likeness (QED) is 0.604. The Kier molecular flexibility index (Phi) is 3.09. The molecule has 0 aliphatic carbocycles. The molecule has 0 aromatic heterocycles. The van der Waals surface area contributed by atoms with Crippen LogP contribution in [0.3, 0.4) is 0 Å². The summed E-state index contributed by atoms with van der Waals surface area (Å²) in [5.74, 6) is 0.259. The Morgan fingerprint density at radius 2 is 2.25 bits per heavy atom. The van der Waals surface area contributed by atoms with E-state index in [0.717, 1.165) is 25.9 Å². The first-order valence-electron chi connectivity index (χ1n) is 4.62. The lowest BCUT2D eigenvalue weighted by Gasteiger charge is -2.24. The molecule has 12 heavy (non-hydrogen) atoms. The number of carbonyl (C=O) groups is 1. The van der Waals surface area contributed by atoms with E-state index in [0.29, 0.717) is 0 Å². The van der Waals surface area contributed by atoms with Gasteiger partial charge in [-0.1, -0.05) is 6.92 Å². The summed E-state index contributed by atoms with van der Waals surface area (Å²) in [5.41, 5.74) is 0. The molecule has 0 N–H and O–H groups in total. The van der Waals surface area contributed by atoms with Crippen LogP contribution in [0.25, 0.3) is 0 Å². The number of rotatable bonds is 2. The van der Waals surface area contributed by atoms with Gasteiger partial charge >= 0.3 is 0 Å². The molecule has 0 saturated carbocycles. The molecule has 1 aliphatic heterocycles. The maximum Gasteiger partial charge on any atom is 0.239 e. The van der Waals surface area contributed by atoms with Gasteiger partial charge in [-0.15, -0.1) is 0 Å². The lowest BCUT2D eigenvalue weighted by Crippen LogP contribution is -2.42.